The van der Waals surface area contributed by atoms with Crippen LogP contribution in [0.2, 0.25) is 0 Å². The van der Waals surface area contributed by atoms with Crippen LogP contribution in [0.4, 0.5) is 0 Å². The van der Waals surface area contributed by atoms with Crippen LogP contribution in [0, 0.1) is 0 Å². The molecule has 0 heterocycles. The molecule has 0 fully saturated rings. The Kier molecular flexibility index (Phi) is 9.68. The van der Waals surface area contributed by atoms with E-state index in [1.54, 1.807) is 0 Å². The van der Waals surface area contributed by atoms with Gasteiger partial charge in [-0.05, 0) is 66.2 Å². The summed E-state index contributed by atoms with van der Waals surface area (Å²) in [6.45, 7) is 26.1. The summed E-state index contributed by atoms with van der Waals surface area (Å²) in [5.41, 5.74) is 7.77. The van der Waals surface area contributed by atoms with Crippen LogP contribution in [0.3, 0.4) is 0 Å². The first-order valence-corrected chi connectivity index (χ1v) is 17.1. The van der Waals surface area contributed by atoms with Crippen molar-refractivity contribution < 1.29 is 10.2 Å². The largest absolute Gasteiger partial charge is 0.507 e. The molecule has 45 heavy (non-hydrogen) atoms. The monoisotopic (exact) mass is 622 g/mol. The molecule has 0 aromatic heterocycles. The Balaban J connectivity index is 2.04. The third kappa shape index (κ3) is 7.80. The van der Waals surface area contributed by atoms with Gasteiger partial charge in [-0.15, -0.1) is 11.8 Å². The van der Waals surface area contributed by atoms with E-state index in [1.165, 1.54) is 22.3 Å². The van der Waals surface area contributed by atoms with E-state index in [4.69, 9.17) is 0 Å². The van der Waals surface area contributed by atoms with Crippen molar-refractivity contribution in [1.29, 1.82) is 0 Å². The minimum Gasteiger partial charge on any atom is -0.507 e. The van der Waals surface area contributed by atoms with Crippen LogP contribution in [0.15, 0.2) is 84.9 Å². The number of rotatable bonds is 6. The van der Waals surface area contributed by atoms with E-state index in [0.717, 1.165) is 22.3 Å². The lowest BCUT2D eigenvalue weighted by Gasteiger charge is -2.33. The molecule has 0 amide bonds. The molecule has 3 heteroatoms. The van der Waals surface area contributed by atoms with Crippen molar-refractivity contribution in [2.24, 2.45) is 0 Å². The Bertz CT molecular complexity index is 1420. The fourth-order valence-electron chi connectivity index (χ4n) is 5.99. The van der Waals surface area contributed by atoms with Crippen molar-refractivity contribution in [1.82, 2.24) is 0 Å². The summed E-state index contributed by atoms with van der Waals surface area (Å²) in [7, 11) is 0. The van der Waals surface area contributed by atoms with Crippen LogP contribution in [0.1, 0.15) is 138 Å². The normalized spacial score (nSPS) is 14.3. The van der Waals surface area contributed by atoms with E-state index in [0.29, 0.717) is 11.5 Å². The highest BCUT2D eigenvalue weighted by Crippen LogP contribution is 2.52. The molecule has 4 rings (SSSR count). The van der Waals surface area contributed by atoms with Gasteiger partial charge in [0.25, 0.3) is 0 Å². The van der Waals surface area contributed by atoms with Crippen molar-refractivity contribution in [3.8, 4) is 11.5 Å². The number of phenolic OH excluding ortho intramolecular Hbond substituents is 2. The summed E-state index contributed by atoms with van der Waals surface area (Å²) >= 11 is 1.93. The molecule has 0 bridgehead atoms. The van der Waals surface area contributed by atoms with Gasteiger partial charge in [-0.25, -0.2) is 0 Å². The Morgan fingerprint density at radius 3 is 0.867 bits per heavy atom. The second-order valence-electron chi connectivity index (χ2n) is 16.6. The first-order chi connectivity index (χ1) is 20.7. The van der Waals surface area contributed by atoms with Crippen LogP contribution in [-0.2, 0) is 21.7 Å². The van der Waals surface area contributed by atoms with Crippen LogP contribution >= 0.6 is 11.8 Å². The van der Waals surface area contributed by atoms with Crippen molar-refractivity contribution in [3.05, 3.63) is 129 Å². The first kappa shape index (κ1) is 34.7. The van der Waals surface area contributed by atoms with Crippen molar-refractivity contribution >= 4 is 11.8 Å². The minimum atomic E-state index is -0.231. The highest BCUT2D eigenvalue weighted by atomic mass is 32.2. The van der Waals surface area contributed by atoms with Crippen LogP contribution < -0.4 is 0 Å². The molecule has 2 unspecified atom stereocenters. The fraction of sp³-hybridized carbons (Fsp3) is 0.429. The van der Waals surface area contributed by atoms with Gasteiger partial charge in [-0.2, -0.15) is 0 Å². The summed E-state index contributed by atoms with van der Waals surface area (Å²) < 4.78 is 0. The summed E-state index contributed by atoms with van der Waals surface area (Å²) in [5, 5.41) is 23.1. The molecule has 0 radical (unpaired) electrons. The Labute approximate surface area is 277 Å². The van der Waals surface area contributed by atoms with Gasteiger partial charge in [0.1, 0.15) is 11.5 Å². The lowest BCUT2D eigenvalue weighted by Crippen LogP contribution is -2.19. The van der Waals surface area contributed by atoms with Gasteiger partial charge in [0.2, 0.25) is 0 Å². The average Bonchev–Trinajstić information content (AvgIpc) is 2.93. The van der Waals surface area contributed by atoms with Gasteiger partial charge >= 0.3 is 0 Å². The third-order valence-corrected chi connectivity index (χ3v) is 10.2. The molecule has 0 aliphatic rings. The van der Waals surface area contributed by atoms with E-state index in [2.05, 4.69) is 168 Å². The van der Waals surface area contributed by atoms with Crippen molar-refractivity contribution in [2.75, 3.05) is 0 Å². The molecule has 2 nitrogen and oxygen atoms in total. The van der Waals surface area contributed by atoms with Gasteiger partial charge in [0, 0.05) is 0 Å². The maximum Gasteiger partial charge on any atom is 0.123 e. The SMILES string of the molecule is CC(C)(C)c1cc(C(SC(c2ccccc2)c2cc(C(C)(C)C)c(O)c(C(C)(C)C)c2)c2ccccc2)cc(C(C)(C)C)c1O. The number of phenols is 2. The van der Waals surface area contributed by atoms with Crippen LogP contribution in [-0.4, -0.2) is 10.2 Å². The Morgan fingerprint density at radius 2 is 0.644 bits per heavy atom. The van der Waals surface area contributed by atoms with E-state index in [-0.39, 0.29) is 32.2 Å². The predicted octanol–water partition coefficient (Wildman–Crippen LogP) is 11.9. The van der Waals surface area contributed by atoms with Gasteiger partial charge in [0.05, 0.1) is 10.5 Å². The number of thioether (sulfide) groups is 1. The van der Waals surface area contributed by atoms with Crippen molar-refractivity contribution in [3.63, 3.8) is 0 Å². The minimum absolute atomic E-state index is 0.0100. The molecule has 0 aliphatic carbocycles. The molecule has 0 saturated heterocycles. The first-order valence-electron chi connectivity index (χ1n) is 16.2. The molecule has 0 spiro atoms. The molecule has 4 aromatic rings. The number of hydrogen-bond donors (Lipinski definition) is 2. The number of aromatic hydroxyl groups is 2. The predicted molar refractivity (Wildman–Crippen MR) is 195 cm³/mol. The highest BCUT2D eigenvalue weighted by Gasteiger charge is 2.33. The topological polar surface area (TPSA) is 40.5 Å². The summed E-state index contributed by atoms with van der Waals surface area (Å²) in [6, 6.07) is 30.4. The zero-order valence-electron chi connectivity index (χ0n) is 29.5. The standard InChI is InChI=1S/C42H54O2S/c1-39(2,3)31-23-29(24-32(35(31)43)40(4,5)6)37(27-19-15-13-16-20-27)45-38(28-21-17-14-18-22-28)30-25-33(41(7,8)9)36(44)34(26-30)42(10,11)12/h13-26,37-38,43-44H,1-12H3. The zero-order chi connectivity index (χ0) is 33.5. The van der Waals surface area contributed by atoms with Gasteiger partial charge in [-0.1, -0.05) is 168 Å². The molecule has 4 aromatic carbocycles. The molecule has 0 saturated carbocycles. The fourth-order valence-corrected chi connectivity index (χ4v) is 7.48. The van der Waals surface area contributed by atoms with Gasteiger partial charge < -0.3 is 10.2 Å². The highest BCUT2D eigenvalue weighted by molar-refractivity contribution is 8.00. The molecular formula is C42H54O2S. The molecule has 240 valence electrons. The van der Waals surface area contributed by atoms with E-state index >= 15 is 0 Å². The third-order valence-electron chi connectivity index (χ3n) is 8.58. The molecule has 0 aliphatic heterocycles. The van der Waals surface area contributed by atoms with E-state index in [9.17, 15) is 10.2 Å². The molecular weight excluding hydrogens is 569 g/mol. The maximum atomic E-state index is 11.6. The van der Waals surface area contributed by atoms with E-state index < -0.39 is 0 Å². The van der Waals surface area contributed by atoms with Gasteiger partial charge in [0.15, 0.2) is 0 Å². The zero-order valence-corrected chi connectivity index (χ0v) is 30.4. The lowest BCUT2D eigenvalue weighted by atomic mass is 9.78. The summed E-state index contributed by atoms with van der Waals surface area (Å²) in [5.74, 6) is 0.802. The van der Waals surface area contributed by atoms with Gasteiger partial charge in [-0.3, -0.25) is 0 Å². The number of benzene rings is 4. The Hall–Kier alpha value is -3.17. The maximum absolute atomic E-state index is 11.6. The Morgan fingerprint density at radius 1 is 0.400 bits per heavy atom. The summed E-state index contributed by atoms with van der Waals surface area (Å²) in [6.07, 6.45) is 0. The van der Waals surface area contributed by atoms with Crippen LogP contribution in [0.5, 0.6) is 11.5 Å². The smallest absolute Gasteiger partial charge is 0.123 e. The van der Waals surface area contributed by atoms with Crippen LogP contribution in [0.25, 0.3) is 0 Å². The summed E-state index contributed by atoms with van der Waals surface area (Å²) in [4.78, 5) is 0. The van der Waals surface area contributed by atoms with Crippen molar-refractivity contribution in [2.45, 2.75) is 115 Å². The average molecular weight is 623 g/mol. The molecule has 2 atom stereocenters. The second kappa shape index (κ2) is 12.6. The number of hydrogen-bond acceptors (Lipinski definition) is 3. The second-order valence-corrected chi connectivity index (χ2v) is 17.9. The quantitative estimate of drug-likeness (QED) is 0.225. The van der Waals surface area contributed by atoms with E-state index in [1.807, 2.05) is 11.8 Å². The molecule has 2 N–H and O–H groups in total. The lowest BCUT2D eigenvalue weighted by molar-refractivity contribution is 0.422.